The quantitative estimate of drug-likeness (QED) is 0.674. The van der Waals surface area contributed by atoms with Crippen LogP contribution >= 0.6 is 11.6 Å². The van der Waals surface area contributed by atoms with Crippen LogP contribution in [0.15, 0.2) is 54.6 Å². The van der Waals surface area contributed by atoms with E-state index in [1.165, 1.54) is 0 Å². The maximum atomic E-state index is 11.8. The first-order chi connectivity index (χ1) is 11.6. The first-order valence-electron chi connectivity index (χ1n) is 7.62. The van der Waals surface area contributed by atoms with E-state index in [2.05, 4.69) is 10.6 Å². The summed E-state index contributed by atoms with van der Waals surface area (Å²) in [7, 11) is 0. The number of aliphatic hydroxyl groups is 1. The molecule has 0 radical (unpaired) electrons. The smallest absolute Gasteiger partial charge is 0.253 e. The number of carbonyl (C=O) groups excluding carboxylic acids is 2. The minimum atomic E-state index is -1.20. The van der Waals surface area contributed by atoms with E-state index < -0.39 is 12.0 Å². The average molecular weight is 347 g/mol. The predicted octanol–water partition coefficient (Wildman–Crippen LogP) is 2.91. The highest BCUT2D eigenvalue weighted by Gasteiger charge is 2.16. The number of aliphatic hydroxyl groups excluding tert-OH is 1. The maximum absolute atomic E-state index is 11.8. The van der Waals surface area contributed by atoms with Crippen molar-refractivity contribution < 1.29 is 14.7 Å². The molecule has 0 saturated heterocycles. The zero-order valence-corrected chi connectivity index (χ0v) is 13.8. The molecule has 1 unspecified atom stereocenters. The maximum Gasteiger partial charge on any atom is 0.253 e. The SMILES string of the molecule is O=C(CCCNC(=O)C(O)c1ccccc1)Nc1ccc(Cl)cc1. The minimum Gasteiger partial charge on any atom is -0.378 e. The molecule has 0 bridgehead atoms. The van der Waals surface area contributed by atoms with E-state index in [1.54, 1.807) is 48.5 Å². The van der Waals surface area contributed by atoms with Crippen molar-refractivity contribution in [3.63, 3.8) is 0 Å². The van der Waals surface area contributed by atoms with E-state index in [0.717, 1.165) is 0 Å². The van der Waals surface area contributed by atoms with Gasteiger partial charge >= 0.3 is 0 Å². The van der Waals surface area contributed by atoms with Crippen LogP contribution in [0, 0.1) is 0 Å². The Hall–Kier alpha value is -2.37. The molecule has 0 aliphatic rings. The van der Waals surface area contributed by atoms with Crippen LogP contribution < -0.4 is 10.6 Å². The molecule has 3 N–H and O–H groups in total. The van der Waals surface area contributed by atoms with E-state index in [1.807, 2.05) is 6.07 Å². The van der Waals surface area contributed by atoms with E-state index in [-0.39, 0.29) is 12.3 Å². The van der Waals surface area contributed by atoms with Crippen LogP contribution in [0.2, 0.25) is 5.02 Å². The fourth-order valence-electron chi connectivity index (χ4n) is 2.10. The third-order valence-corrected chi connectivity index (χ3v) is 3.62. The molecule has 2 amide bonds. The highest BCUT2D eigenvalue weighted by molar-refractivity contribution is 6.30. The number of benzene rings is 2. The first kappa shape index (κ1) is 18.0. The average Bonchev–Trinajstić information content (AvgIpc) is 2.60. The summed E-state index contributed by atoms with van der Waals surface area (Å²) in [5.41, 5.74) is 1.21. The second kappa shape index (κ2) is 9.05. The Bertz CT molecular complexity index is 674. The number of amides is 2. The molecule has 0 saturated carbocycles. The Labute approximate surface area is 145 Å². The van der Waals surface area contributed by atoms with Gasteiger partial charge in [-0.05, 0) is 36.2 Å². The Morgan fingerprint density at radius 2 is 1.71 bits per heavy atom. The van der Waals surface area contributed by atoms with Crippen molar-refractivity contribution in [2.24, 2.45) is 0 Å². The van der Waals surface area contributed by atoms with Gasteiger partial charge in [0, 0.05) is 23.7 Å². The van der Waals surface area contributed by atoms with Gasteiger partial charge in [0.05, 0.1) is 0 Å². The molecule has 0 fully saturated rings. The van der Waals surface area contributed by atoms with Crippen LogP contribution in [-0.2, 0) is 9.59 Å². The van der Waals surface area contributed by atoms with Gasteiger partial charge in [-0.25, -0.2) is 0 Å². The van der Waals surface area contributed by atoms with Gasteiger partial charge in [-0.2, -0.15) is 0 Å². The number of rotatable bonds is 7. The molecule has 24 heavy (non-hydrogen) atoms. The fourth-order valence-corrected chi connectivity index (χ4v) is 2.23. The standard InChI is InChI=1S/C18H19ClN2O3/c19-14-8-10-15(11-9-14)21-16(22)7-4-12-20-18(24)17(23)13-5-2-1-3-6-13/h1-3,5-6,8-11,17,23H,4,7,12H2,(H,20,24)(H,21,22). The molecule has 126 valence electrons. The zero-order valence-electron chi connectivity index (χ0n) is 13.0. The minimum absolute atomic E-state index is 0.143. The molecule has 2 aromatic carbocycles. The summed E-state index contributed by atoms with van der Waals surface area (Å²) in [6, 6.07) is 15.5. The van der Waals surface area contributed by atoms with Gasteiger partial charge in [-0.3, -0.25) is 9.59 Å². The molecule has 2 aromatic rings. The molecular weight excluding hydrogens is 328 g/mol. The van der Waals surface area contributed by atoms with Crippen LogP contribution in [0.3, 0.4) is 0 Å². The summed E-state index contributed by atoms with van der Waals surface area (Å²) >= 11 is 5.78. The van der Waals surface area contributed by atoms with Crippen LogP contribution in [0.5, 0.6) is 0 Å². The van der Waals surface area contributed by atoms with Crippen molar-refractivity contribution in [1.82, 2.24) is 5.32 Å². The van der Waals surface area contributed by atoms with Crippen molar-refractivity contribution >= 4 is 29.1 Å². The Balaban J connectivity index is 1.67. The lowest BCUT2D eigenvalue weighted by atomic mass is 10.1. The monoisotopic (exact) mass is 346 g/mol. The van der Waals surface area contributed by atoms with Gasteiger partial charge in [0.2, 0.25) is 5.91 Å². The van der Waals surface area contributed by atoms with E-state index in [0.29, 0.717) is 29.2 Å². The summed E-state index contributed by atoms with van der Waals surface area (Å²) < 4.78 is 0. The van der Waals surface area contributed by atoms with Crippen LogP contribution in [0.25, 0.3) is 0 Å². The third-order valence-electron chi connectivity index (χ3n) is 3.37. The summed E-state index contributed by atoms with van der Waals surface area (Å²) in [5.74, 6) is -0.616. The largest absolute Gasteiger partial charge is 0.378 e. The lowest BCUT2D eigenvalue weighted by molar-refractivity contribution is -0.129. The number of halogens is 1. The molecule has 0 aromatic heterocycles. The predicted molar refractivity (Wildman–Crippen MR) is 93.7 cm³/mol. The van der Waals surface area contributed by atoms with Gasteiger partial charge in [0.25, 0.3) is 5.91 Å². The van der Waals surface area contributed by atoms with Gasteiger partial charge < -0.3 is 15.7 Å². The van der Waals surface area contributed by atoms with E-state index >= 15 is 0 Å². The number of nitrogens with one attached hydrogen (secondary N) is 2. The number of hydrogen-bond donors (Lipinski definition) is 3. The normalized spacial score (nSPS) is 11.6. The Kier molecular flexibility index (Phi) is 6.78. The van der Waals surface area contributed by atoms with Crippen molar-refractivity contribution in [3.8, 4) is 0 Å². The Morgan fingerprint density at radius 1 is 1.04 bits per heavy atom. The second-order valence-corrected chi connectivity index (χ2v) is 5.70. The highest BCUT2D eigenvalue weighted by atomic mass is 35.5. The molecule has 0 aliphatic carbocycles. The molecule has 1 atom stereocenters. The second-order valence-electron chi connectivity index (χ2n) is 5.26. The van der Waals surface area contributed by atoms with Gasteiger partial charge in [-0.1, -0.05) is 41.9 Å². The van der Waals surface area contributed by atoms with Crippen LogP contribution in [0.4, 0.5) is 5.69 Å². The molecule has 0 heterocycles. The lowest BCUT2D eigenvalue weighted by Crippen LogP contribution is -2.30. The lowest BCUT2D eigenvalue weighted by Gasteiger charge is -2.11. The van der Waals surface area contributed by atoms with Crippen LogP contribution in [0.1, 0.15) is 24.5 Å². The first-order valence-corrected chi connectivity index (χ1v) is 8.00. The summed E-state index contributed by atoms with van der Waals surface area (Å²) in [6.45, 7) is 0.316. The van der Waals surface area contributed by atoms with Crippen molar-refractivity contribution in [1.29, 1.82) is 0 Å². The van der Waals surface area contributed by atoms with Gasteiger partial charge in [-0.15, -0.1) is 0 Å². The number of carbonyl (C=O) groups is 2. The van der Waals surface area contributed by atoms with E-state index in [9.17, 15) is 14.7 Å². The van der Waals surface area contributed by atoms with Gasteiger partial charge in [0.15, 0.2) is 6.10 Å². The van der Waals surface area contributed by atoms with Crippen LogP contribution in [-0.4, -0.2) is 23.5 Å². The molecule has 2 rings (SSSR count). The van der Waals surface area contributed by atoms with Crippen molar-refractivity contribution in [2.75, 3.05) is 11.9 Å². The zero-order chi connectivity index (χ0) is 17.4. The van der Waals surface area contributed by atoms with E-state index in [4.69, 9.17) is 11.6 Å². The van der Waals surface area contributed by atoms with Crippen molar-refractivity contribution in [3.05, 3.63) is 65.2 Å². The highest BCUT2D eigenvalue weighted by Crippen LogP contribution is 2.14. The van der Waals surface area contributed by atoms with Crippen molar-refractivity contribution in [2.45, 2.75) is 18.9 Å². The molecule has 0 aliphatic heterocycles. The fraction of sp³-hybridized carbons (Fsp3) is 0.222. The van der Waals surface area contributed by atoms with Gasteiger partial charge in [0.1, 0.15) is 0 Å². The Morgan fingerprint density at radius 3 is 2.38 bits per heavy atom. The summed E-state index contributed by atoms with van der Waals surface area (Å²) in [5, 5.41) is 15.9. The summed E-state index contributed by atoms with van der Waals surface area (Å²) in [6.07, 6.45) is -0.453. The third kappa shape index (κ3) is 5.68. The molecular formula is C18H19ClN2O3. The number of hydrogen-bond acceptors (Lipinski definition) is 3. The molecule has 0 spiro atoms. The summed E-state index contributed by atoms with van der Waals surface area (Å²) in [4.78, 5) is 23.6. The topological polar surface area (TPSA) is 78.4 Å². The molecule has 6 heteroatoms. The molecule has 5 nitrogen and oxygen atoms in total. The number of anilines is 1.